The summed E-state index contributed by atoms with van der Waals surface area (Å²) in [5, 5.41) is 8.05. The average molecular weight is 366 g/mol. The van der Waals surface area contributed by atoms with E-state index in [1.54, 1.807) is 6.07 Å². The van der Waals surface area contributed by atoms with Crippen molar-refractivity contribution < 1.29 is 4.79 Å². The van der Waals surface area contributed by atoms with Crippen LogP contribution in [0.4, 0.5) is 0 Å². The second kappa shape index (κ2) is 6.68. The fraction of sp³-hybridized carbons (Fsp3) is 0.500. The van der Waals surface area contributed by atoms with Gasteiger partial charge in [0.15, 0.2) is 0 Å². The van der Waals surface area contributed by atoms with Crippen LogP contribution in [-0.4, -0.2) is 42.0 Å². The average Bonchev–Trinajstić information content (AvgIpc) is 3.41. The molecule has 4 nitrogen and oxygen atoms in total. The number of nitrogens with zero attached hydrogens (tertiary/aromatic N) is 1. The molecule has 6 heteroatoms. The summed E-state index contributed by atoms with van der Waals surface area (Å²) in [5.74, 6) is 0.133. The third kappa shape index (κ3) is 3.21. The third-order valence-corrected chi connectivity index (χ3v) is 5.90. The highest BCUT2D eigenvalue weighted by Gasteiger charge is 2.38. The predicted octanol–water partition coefficient (Wildman–Crippen LogP) is 2.74. The lowest BCUT2D eigenvalue weighted by Crippen LogP contribution is -2.59. The highest BCUT2D eigenvalue weighted by Crippen LogP contribution is 2.34. The molecule has 2 atom stereocenters. The Kier molecular flexibility index (Phi) is 4.56. The van der Waals surface area contributed by atoms with Crippen LogP contribution >= 0.6 is 23.2 Å². The van der Waals surface area contributed by atoms with Gasteiger partial charge in [0.2, 0.25) is 0 Å². The molecule has 2 fully saturated rings. The summed E-state index contributed by atoms with van der Waals surface area (Å²) in [5.41, 5.74) is 1.80. The van der Waals surface area contributed by atoms with E-state index in [0.29, 0.717) is 28.7 Å². The van der Waals surface area contributed by atoms with Crippen molar-refractivity contribution in [3.63, 3.8) is 0 Å². The fourth-order valence-electron chi connectivity index (χ4n) is 3.58. The molecule has 4 rings (SSSR count). The van der Waals surface area contributed by atoms with E-state index in [1.165, 1.54) is 0 Å². The highest BCUT2D eigenvalue weighted by atomic mass is 35.5. The van der Waals surface area contributed by atoms with Gasteiger partial charge in [0.05, 0.1) is 16.1 Å². The molecule has 2 N–H and O–H groups in total. The second-order valence-corrected chi connectivity index (χ2v) is 7.63. The Labute approximate surface area is 152 Å². The number of benzene rings is 1. The van der Waals surface area contributed by atoms with Gasteiger partial charge < -0.3 is 15.5 Å². The van der Waals surface area contributed by atoms with Gasteiger partial charge in [-0.25, -0.2) is 0 Å². The fourth-order valence-corrected chi connectivity index (χ4v) is 3.96. The first-order chi connectivity index (χ1) is 11.6. The maximum absolute atomic E-state index is 13.2. The molecule has 1 aromatic carbocycles. The zero-order valence-electron chi connectivity index (χ0n) is 13.4. The zero-order chi connectivity index (χ0) is 16.7. The van der Waals surface area contributed by atoms with Gasteiger partial charge in [0.25, 0.3) is 5.91 Å². The van der Waals surface area contributed by atoms with Crippen LogP contribution in [0.2, 0.25) is 10.0 Å². The summed E-state index contributed by atoms with van der Waals surface area (Å²) in [7, 11) is 0. The van der Waals surface area contributed by atoms with Crippen LogP contribution in [0.3, 0.4) is 0 Å². The molecule has 2 aliphatic heterocycles. The van der Waals surface area contributed by atoms with E-state index in [2.05, 4.69) is 16.7 Å². The van der Waals surface area contributed by atoms with E-state index in [9.17, 15) is 4.79 Å². The first-order valence-corrected chi connectivity index (χ1v) is 9.29. The Morgan fingerprint density at radius 2 is 2.08 bits per heavy atom. The van der Waals surface area contributed by atoms with Crippen LogP contribution < -0.4 is 10.6 Å². The molecule has 1 saturated carbocycles. The summed E-state index contributed by atoms with van der Waals surface area (Å²) >= 11 is 12.5. The first-order valence-electron chi connectivity index (χ1n) is 8.54. The lowest BCUT2D eigenvalue weighted by atomic mass is 9.93. The molecule has 1 aromatic rings. The molecule has 3 aliphatic rings. The van der Waals surface area contributed by atoms with Gasteiger partial charge >= 0.3 is 0 Å². The molecule has 0 radical (unpaired) electrons. The number of amides is 1. The Morgan fingerprint density at radius 3 is 2.88 bits per heavy atom. The number of rotatable bonds is 4. The molecule has 24 heavy (non-hydrogen) atoms. The largest absolute Gasteiger partial charge is 0.332 e. The number of piperazine rings is 1. The molecule has 2 bridgehead atoms. The van der Waals surface area contributed by atoms with Crippen molar-refractivity contribution in [2.24, 2.45) is 0 Å². The monoisotopic (exact) mass is 365 g/mol. The molecular weight excluding hydrogens is 345 g/mol. The maximum atomic E-state index is 13.2. The Bertz CT molecular complexity index is 687. The van der Waals surface area contributed by atoms with Gasteiger partial charge in [-0.2, -0.15) is 0 Å². The number of carbonyl (C=O) groups excluding carboxylic acids is 1. The van der Waals surface area contributed by atoms with E-state index >= 15 is 0 Å². The number of fused-ring (bicyclic) bond motifs is 2. The third-order valence-electron chi connectivity index (χ3n) is 5.04. The van der Waals surface area contributed by atoms with Gasteiger partial charge in [-0.05, 0) is 30.9 Å². The van der Waals surface area contributed by atoms with Crippen LogP contribution in [0.15, 0.2) is 29.8 Å². The van der Waals surface area contributed by atoms with Gasteiger partial charge in [0.1, 0.15) is 0 Å². The van der Waals surface area contributed by atoms with Crippen molar-refractivity contribution in [1.29, 1.82) is 0 Å². The molecule has 1 saturated heterocycles. The van der Waals surface area contributed by atoms with Crippen LogP contribution in [0.1, 0.15) is 24.8 Å². The summed E-state index contributed by atoms with van der Waals surface area (Å²) in [4.78, 5) is 15.2. The van der Waals surface area contributed by atoms with Gasteiger partial charge in [-0.3, -0.25) is 4.79 Å². The Morgan fingerprint density at radius 1 is 1.25 bits per heavy atom. The smallest absolute Gasteiger partial charge is 0.251 e. The number of hydrogen-bond acceptors (Lipinski definition) is 3. The van der Waals surface area contributed by atoms with Gasteiger partial charge in [0, 0.05) is 37.3 Å². The molecule has 2 heterocycles. The lowest BCUT2D eigenvalue weighted by molar-refractivity contribution is -0.128. The van der Waals surface area contributed by atoms with Gasteiger partial charge in [-0.15, -0.1) is 0 Å². The van der Waals surface area contributed by atoms with Crippen LogP contribution in [0.25, 0.3) is 0 Å². The number of nitrogens with one attached hydrogen (secondary N) is 2. The van der Waals surface area contributed by atoms with Crippen LogP contribution in [-0.2, 0) is 11.3 Å². The van der Waals surface area contributed by atoms with E-state index in [-0.39, 0.29) is 11.9 Å². The minimum absolute atomic E-state index is 0.112. The van der Waals surface area contributed by atoms with E-state index in [1.807, 2.05) is 17.0 Å². The summed E-state index contributed by atoms with van der Waals surface area (Å²) < 4.78 is 0. The lowest BCUT2D eigenvalue weighted by Gasteiger charge is -2.38. The highest BCUT2D eigenvalue weighted by molar-refractivity contribution is 6.42. The standard InChI is InChI=1S/C18H21Cl2N3O/c19-15-3-1-2-11(17(15)20)10-23(13-5-6-13)18(24)14-7-4-12-8-21-9-16(14)22-12/h1-3,7,12-13,16,21-22H,4-6,8-10H2. The molecular formula is C18H21Cl2N3O. The minimum atomic E-state index is 0.112. The van der Waals surface area contributed by atoms with Crippen molar-refractivity contribution in [1.82, 2.24) is 15.5 Å². The summed E-state index contributed by atoms with van der Waals surface area (Å²) in [6.45, 7) is 2.30. The molecule has 1 aliphatic carbocycles. The van der Waals surface area contributed by atoms with Crippen molar-refractivity contribution >= 4 is 29.1 Å². The Balaban J connectivity index is 1.57. The topological polar surface area (TPSA) is 44.4 Å². The normalized spacial score (nSPS) is 26.0. The quantitative estimate of drug-likeness (QED) is 0.861. The molecule has 0 spiro atoms. The van der Waals surface area contributed by atoms with Crippen LogP contribution in [0, 0.1) is 0 Å². The van der Waals surface area contributed by atoms with E-state index in [0.717, 1.165) is 43.5 Å². The second-order valence-electron chi connectivity index (χ2n) is 6.85. The van der Waals surface area contributed by atoms with E-state index < -0.39 is 0 Å². The predicted molar refractivity (Wildman–Crippen MR) is 96.3 cm³/mol. The number of halogens is 2. The minimum Gasteiger partial charge on any atom is -0.332 e. The van der Waals surface area contributed by atoms with Crippen molar-refractivity contribution in [3.8, 4) is 0 Å². The zero-order valence-corrected chi connectivity index (χ0v) is 14.9. The van der Waals surface area contributed by atoms with Gasteiger partial charge in [-0.1, -0.05) is 41.4 Å². The summed E-state index contributed by atoms with van der Waals surface area (Å²) in [6, 6.07) is 6.48. The SMILES string of the molecule is O=C(C1=CCC2CNCC1N2)N(Cc1cccc(Cl)c1Cl)C1CC1. The van der Waals surface area contributed by atoms with Crippen molar-refractivity contribution in [3.05, 3.63) is 45.5 Å². The number of carbonyl (C=O) groups is 1. The summed E-state index contributed by atoms with van der Waals surface area (Å²) in [6.07, 6.45) is 5.16. The van der Waals surface area contributed by atoms with Crippen LogP contribution in [0.5, 0.6) is 0 Å². The molecule has 0 aromatic heterocycles. The Hall–Kier alpha value is -1.07. The maximum Gasteiger partial charge on any atom is 0.251 e. The number of hydrogen-bond donors (Lipinski definition) is 2. The first kappa shape index (κ1) is 16.4. The van der Waals surface area contributed by atoms with E-state index in [4.69, 9.17) is 23.2 Å². The molecule has 1 amide bonds. The van der Waals surface area contributed by atoms with Crippen molar-refractivity contribution in [2.45, 2.75) is 43.9 Å². The van der Waals surface area contributed by atoms with Crippen molar-refractivity contribution in [2.75, 3.05) is 13.1 Å². The molecule has 128 valence electrons. The molecule has 2 unspecified atom stereocenters.